The highest BCUT2D eigenvalue weighted by Gasteiger charge is 2.15. The van der Waals surface area contributed by atoms with Crippen molar-refractivity contribution in [1.82, 2.24) is 14.9 Å². The van der Waals surface area contributed by atoms with Crippen LogP contribution in [0.2, 0.25) is 10.0 Å². The number of ether oxygens (including phenoxy) is 2. The third-order valence-corrected chi connectivity index (χ3v) is 6.69. The molecule has 0 atom stereocenters. The van der Waals surface area contributed by atoms with Crippen LogP contribution in [-0.4, -0.2) is 22.0 Å². The molecule has 9 heteroatoms. The Balaban J connectivity index is 1.48. The molecular formula is C27H22Cl2N4O2S. The Morgan fingerprint density at radius 1 is 0.972 bits per heavy atom. The maximum atomic E-state index is 6.36. The van der Waals surface area contributed by atoms with Gasteiger partial charge in [0.15, 0.2) is 5.82 Å². The highest BCUT2D eigenvalue weighted by atomic mass is 35.5. The summed E-state index contributed by atoms with van der Waals surface area (Å²) in [5.41, 5.74) is 6.06. The van der Waals surface area contributed by atoms with Gasteiger partial charge in [0, 0.05) is 21.2 Å². The summed E-state index contributed by atoms with van der Waals surface area (Å²) in [6.45, 7) is 0.736. The number of halogens is 2. The van der Waals surface area contributed by atoms with Gasteiger partial charge < -0.3 is 14.9 Å². The number of fused-ring (bicyclic) bond motifs is 1. The summed E-state index contributed by atoms with van der Waals surface area (Å²) >= 11 is 17.9. The minimum atomic E-state index is 0.305. The van der Waals surface area contributed by atoms with Gasteiger partial charge >= 0.3 is 0 Å². The van der Waals surface area contributed by atoms with Crippen LogP contribution in [0.5, 0.6) is 11.5 Å². The Morgan fingerprint density at radius 2 is 1.78 bits per heavy atom. The summed E-state index contributed by atoms with van der Waals surface area (Å²) in [5.74, 6) is 2.05. The van der Waals surface area contributed by atoms with Crippen LogP contribution in [0.15, 0.2) is 78.9 Å². The summed E-state index contributed by atoms with van der Waals surface area (Å²) in [6, 6.07) is 25.2. The average Bonchev–Trinajstić information content (AvgIpc) is 3.26. The van der Waals surface area contributed by atoms with Crippen molar-refractivity contribution in [2.24, 2.45) is 0 Å². The van der Waals surface area contributed by atoms with Crippen molar-refractivity contribution in [2.75, 3.05) is 12.5 Å². The zero-order chi connectivity index (χ0) is 25.1. The van der Waals surface area contributed by atoms with Gasteiger partial charge in [0.1, 0.15) is 18.1 Å². The number of benzene rings is 4. The Morgan fingerprint density at radius 3 is 2.61 bits per heavy atom. The predicted octanol–water partition coefficient (Wildman–Crippen LogP) is 7.40. The van der Waals surface area contributed by atoms with Crippen molar-refractivity contribution in [3.05, 3.63) is 105 Å². The molecule has 0 radical (unpaired) electrons. The standard InChI is InChI=1S/C27H22Cl2N4O2S/c1-34-24-9-5-4-8-21(24)26-31-32-27(36)33(26)30-15-22-20-7-3-2-6-17(20)11-13-25(22)35-16-18-10-12-19(28)14-23(18)29/h2-14,30H,15-16H2,1H3,(H,32,36). The van der Waals surface area contributed by atoms with E-state index < -0.39 is 0 Å². The molecule has 0 bridgehead atoms. The van der Waals surface area contributed by atoms with E-state index >= 15 is 0 Å². The van der Waals surface area contributed by atoms with Crippen LogP contribution in [0.25, 0.3) is 22.2 Å². The van der Waals surface area contributed by atoms with E-state index in [9.17, 15) is 0 Å². The van der Waals surface area contributed by atoms with Crippen LogP contribution in [-0.2, 0) is 13.2 Å². The number of hydrogen-bond acceptors (Lipinski definition) is 5. The topological polar surface area (TPSA) is 64.1 Å². The number of methoxy groups -OCH3 is 1. The van der Waals surface area contributed by atoms with Crippen LogP contribution >= 0.6 is 35.4 Å². The van der Waals surface area contributed by atoms with E-state index in [2.05, 4.69) is 27.8 Å². The maximum absolute atomic E-state index is 6.36. The second kappa shape index (κ2) is 10.6. The van der Waals surface area contributed by atoms with Gasteiger partial charge in [-0.3, -0.25) is 0 Å². The first kappa shape index (κ1) is 24.2. The number of nitrogens with zero attached hydrogens (tertiary/aromatic N) is 2. The van der Waals surface area contributed by atoms with E-state index in [4.69, 9.17) is 44.9 Å². The summed E-state index contributed by atoms with van der Waals surface area (Å²) in [5, 5.41) is 10.6. The van der Waals surface area contributed by atoms with E-state index in [1.54, 1.807) is 23.9 Å². The number of nitrogens with one attached hydrogen (secondary N) is 2. The van der Waals surface area contributed by atoms with Gasteiger partial charge in [0.2, 0.25) is 4.77 Å². The molecule has 4 aromatic carbocycles. The van der Waals surface area contributed by atoms with E-state index in [0.29, 0.717) is 39.5 Å². The van der Waals surface area contributed by atoms with Crippen LogP contribution in [0.4, 0.5) is 0 Å². The van der Waals surface area contributed by atoms with Crippen molar-refractivity contribution in [1.29, 1.82) is 0 Å². The second-order valence-corrected chi connectivity index (χ2v) is 9.24. The Hall–Kier alpha value is -3.52. The van der Waals surface area contributed by atoms with Gasteiger partial charge in [-0.05, 0) is 53.3 Å². The molecule has 6 nitrogen and oxygen atoms in total. The number of H-pyrrole nitrogens is 1. The van der Waals surface area contributed by atoms with Gasteiger partial charge in [-0.1, -0.05) is 71.7 Å². The summed E-state index contributed by atoms with van der Waals surface area (Å²) in [4.78, 5) is 0. The fraction of sp³-hybridized carbons (Fsp3) is 0.111. The molecule has 0 aliphatic carbocycles. The molecule has 36 heavy (non-hydrogen) atoms. The SMILES string of the molecule is COc1ccccc1-c1n[nH]c(=S)n1NCc1c(OCc2ccc(Cl)cc2Cl)ccc2ccccc12. The fourth-order valence-corrected chi connectivity index (χ4v) is 4.70. The molecule has 1 aromatic heterocycles. The second-order valence-electron chi connectivity index (χ2n) is 8.01. The summed E-state index contributed by atoms with van der Waals surface area (Å²) in [7, 11) is 1.63. The van der Waals surface area contributed by atoms with E-state index in [0.717, 1.165) is 33.2 Å². The number of hydrogen-bond donors (Lipinski definition) is 2. The zero-order valence-electron chi connectivity index (χ0n) is 19.3. The lowest BCUT2D eigenvalue weighted by atomic mass is 10.0. The molecule has 0 fully saturated rings. The van der Waals surface area contributed by atoms with Crippen molar-refractivity contribution < 1.29 is 9.47 Å². The molecule has 0 aliphatic rings. The van der Waals surface area contributed by atoms with Gasteiger partial charge in [0.25, 0.3) is 0 Å². The molecule has 0 amide bonds. The molecule has 0 saturated carbocycles. The highest BCUT2D eigenvalue weighted by molar-refractivity contribution is 7.71. The number of aromatic nitrogens is 3. The Bertz CT molecular complexity index is 1600. The monoisotopic (exact) mass is 536 g/mol. The first-order valence-corrected chi connectivity index (χ1v) is 12.3. The van der Waals surface area contributed by atoms with Crippen LogP contribution < -0.4 is 14.9 Å². The molecule has 1 heterocycles. The number of para-hydroxylation sites is 1. The van der Waals surface area contributed by atoms with E-state index in [1.807, 2.05) is 54.6 Å². The number of aromatic amines is 1. The quantitative estimate of drug-likeness (QED) is 0.202. The molecule has 2 N–H and O–H groups in total. The lowest BCUT2D eigenvalue weighted by Crippen LogP contribution is -2.17. The van der Waals surface area contributed by atoms with Crippen molar-refractivity contribution in [2.45, 2.75) is 13.2 Å². The Kier molecular flexibility index (Phi) is 7.13. The zero-order valence-corrected chi connectivity index (χ0v) is 21.6. The molecular weight excluding hydrogens is 515 g/mol. The number of rotatable bonds is 8. The maximum Gasteiger partial charge on any atom is 0.214 e. The lowest BCUT2D eigenvalue weighted by Gasteiger charge is -2.17. The molecule has 0 saturated heterocycles. The van der Waals surface area contributed by atoms with Crippen molar-refractivity contribution in [3.63, 3.8) is 0 Å². The molecule has 5 rings (SSSR count). The van der Waals surface area contributed by atoms with Crippen LogP contribution in [0.3, 0.4) is 0 Å². The minimum absolute atomic E-state index is 0.305. The summed E-state index contributed by atoms with van der Waals surface area (Å²) in [6.07, 6.45) is 0. The lowest BCUT2D eigenvalue weighted by molar-refractivity contribution is 0.303. The fourth-order valence-electron chi connectivity index (χ4n) is 4.04. The Labute approximate surface area is 223 Å². The van der Waals surface area contributed by atoms with Crippen molar-refractivity contribution in [3.8, 4) is 22.9 Å². The average molecular weight is 537 g/mol. The normalized spacial score (nSPS) is 11.0. The van der Waals surface area contributed by atoms with Crippen molar-refractivity contribution >= 4 is 46.2 Å². The predicted molar refractivity (Wildman–Crippen MR) is 147 cm³/mol. The summed E-state index contributed by atoms with van der Waals surface area (Å²) < 4.78 is 14.0. The molecule has 0 unspecified atom stereocenters. The molecule has 0 aliphatic heterocycles. The third-order valence-electron chi connectivity index (χ3n) is 5.83. The third kappa shape index (κ3) is 4.91. The van der Waals surface area contributed by atoms with Gasteiger partial charge in [-0.15, -0.1) is 0 Å². The van der Waals surface area contributed by atoms with Gasteiger partial charge in [0.05, 0.1) is 19.2 Å². The van der Waals surface area contributed by atoms with E-state index in [1.165, 1.54) is 0 Å². The largest absolute Gasteiger partial charge is 0.496 e. The minimum Gasteiger partial charge on any atom is -0.496 e. The smallest absolute Gasteiger partial charge is 0.214 e. The first-order chi connectivity index (χ1) is 17.5. The van der Waals surface area contributed by atoms with Gasteiger partial charge in [-0.2, -0.15) is 5.10 Å². The highest BCUT2D eigenvalue weighted by Crippen LogP contribution is 2.31. The molecule has 182 valence electrons. The molecule has 5 aromatic rings. The van der Waals surface area contributed by atoms with E-state index in [-0.39, 0.29) is 0 Å². The van der Waals surface area contributed by atoms with Gasteiger partial charge in [-0.25, -0.2) is 9.77 Å². The molecule has 0 spiro atoms. The van der Waals surface area contributed by atoms with Crippen LogP contribution in [0.1, 0.15) is 11.1 Å². The van der Waals surface area contributed by atoms with Crippen LogP contribution in [0, 0.1) is 4.77 Å². The first-order valence-electron chi connectivity index (χ1n) is 11.2.